The van der Waals surface area contributed by atoms with Crippen LogP contribution >= 0.6 is 0 Å². The van der Waals surface area contributed by atoms with Crippen LogP contribution in [-0.2, 0) is 0 Å². The summed E-state index contributed by atoms with van der Waals surface area (Å²) >= 11 is 0. The number of hydrogen-bond acceptors (Lipinski definition) is 6. The van der Waals surface area contributed by atoms with Gasteiger partial charge in [0.25, 0.3) is 5.91 Å². The van der Waals surface area contributed by atoms with Crippen molar-refractivity contribution in [2.45, 2.75) is 38.8 Å². The average Bonchev–Trinajstić information content (AvgIpc) is 3.54. The fraction of sp³-hybridized carbons (Fsp3) is 0.333. The lowest BCUT2D eigenvalue weighted by Gasteiger charge is -2.12. The van der Waals surface area contributed by atoms with Crippen LogP contribution in [0.4, 0.5) is 4.39 Å². The number of aromatic nitrogens is 3. The van der Waals surface area contributed by atoms with Crippen LogP contribution in [0.5, 0.6) is 5.75 Å². The topological polar surface area (TPSA) is 106 Å². The van der Waals surface area contributed by atoms with Gasteiger partial charge < -0.3 is 15.2 Å². The van der Waals surface area contributed by atoms with Crippen LogP contribution in [0.3, 0.4) is 0 Å². The number of Topliss-reactive ketones (excluding diaryl/α,β-unsaturated/α-hetero) is 1. The Balaban J connectivity index is 1.42. The number of amides is 1. The van der Waals surface area contributed by atoms with E-state index in [9.17, 15) is 14.0 Å². The molecule has 1 aliphatic rings. The molecule has 33 heavy (non-hydrogen) atoms. The quantitative estimate of drug-likeness (QED) is 0.483. The summed E-state index contributed by atoms with van der Waals surface area (Å²) in [5.41, 5.74) is 1.44. The molecule has 1 fully saturated rings. The van der Waals surface area contributed by atoms with E-state index in [-0.39, 0.29) is 23.9 Å². The fourth-order valence-corrected chi connectivity index (χ4v) is 3.29. The summed E-state index contributed by atoms with van der Waals surface area (Å²) < 4.78 is 20.4. The smallest absolute Gasteiger partial charge is 0.254 e. The summed E-state index contributed by atoms with van der Waals surface area (Å²) in [6.45, 7) is 3.19. The highest BCUT2D eigenvalue weighted by atomic mass is 19.1. The molecule has 1 aliphatic carbocycles. The number of ketones is 1. The van der Waals surface area contributed by atoms with Gasteiger partial charge in [0.2, 0.25) is 0 Å². The number of halogens is 1. The van der Waals surface area contributed by atoms with Crippen LogP contribution in [0.2, 0.25) is 0 Å². The Morgan fingerprint density at radius 2 is 1.94 bits per heavy atom. The molecule has 1 unspecified atom stereocenters. The first kappa shape index (κ1) is 22.6. The summed E-state index contributed by atoms with van der Waals surface area (Å²) in [5, 5.41) is 20.1. The number of carbonyl (C=O) groups excluding carboxylic acids is 2. The first-order valence-electron chi connectivity index (χ1n) is 10.8. The average molecular weight is 452 g/mol. The number of rotatable bonds is 9. The van der Waals surface area contributed by atoms with Gasteiger partial charge in [0, 0.05) is 23.6 Å². The molecule has 2 N–H and O–H groups in total. The Kier molecular flexibility index (Phi) is 6.50. The number of nitrogens with zero attached hydrogens (tertiary/aromatic N) is 3. The van der Waals surface area contributed by atoms with Crippen LogP contribution in [0, 0.1) is 11.7 Å². The number of benzene rings is 2. The summed E-state index contributed by atoms with van der Waals surface area (Å²) in [6.07, 6.45) is 3.02. The third-order valence-corrected chi connectivity index (χ3v) is 5.41. The minimum Gasteiger partial charge on any atom is -0.484 e. The van der Waals surface area contributed by atoms with Crippen LogP contribution in [-0.4, -0.2) is 44.4 Å². The number of nitrogens with one attached hydrogen (secondary N) is 1. The molecule has 8 nitrogen and oxygen atoms in total. The first-order chi connectivity index (χ1) is 15.9. The molecule has 1 amide bonds. The van der Waals surface area contributed by atoms with Gasteiger partial charge >= 0.3 is 0 Å². The molecule has 2 aromatic carbocycles. The molecule has 2 atom stereocenters. The molecule has 0 radical (unpaired) electrons. The summed E-state index contributed by atoms with van der Waals surface area (Å²) in [7, 11) is 0. The van der Waals surface area contributed by atoms with E-state index >= 15 is 0 Å². The maximum atomic E-state index is 14.5. The van der Waals surface area contributed by atoms with E-state index in [2.05, 4.69) is 15.5 Å². The fourth-order valence-electron chi connectivity index (χ4n) is 3.29. The van der Waals surface area contributed by atoms with Gasteiger partial charge in [0.05, 0.1) is 24.1 Å². The molecule has 4 rings (SSSR count). The Morgan fingerprint density at radius 3 is 2.58 bits per heavy atom. The van der Waals surface area contributed by atoms with Gasteiger partial charge in [0.15, 0.2) is 5.78 Å². The van der Waals surface area contributed by atoms with Crippen molar-refractivity contribution in [3.63, 3.8) is 0 Å². The molecule has 1 aromatic heterocycles. The molecule has 172 valence electrons. The van der Waals surface area contributed by atoms with Gasteiger partial charge in [-0.1, -0.05) is 0 Å². The summed E-state index contributed by atoms with van der Waals surface area (Å²) in [6, 6.07) is 10.6. The summed E-state index contributed by atoms with van der Waals surface area (Å²) in [5.74, 6) is -0.386. The molecule has 1 heterocycles. The van der Waals surface area contributed by atoms with E-state index in [4.69, 9.17) is 9.84 Å². The van der Waals surface area contributed by atoms with Crippen LogP contribution in [0.1, 0.15) is 59.2 Å². The lowest BCUT2D eigenvalue weighted by Crippen LogP contribution is -2.35. The predicted octanol–water partition coefficient (Wildman–Crippen LogP) is 3.25. The maximum absolute atomic E-state index is 14.5. The van der Waals surface area contributed by atoms with Gasteiger partial charge in [-0.25, -0.2) is 4.39 Å². The van der Waals surface area contributed by atoms with Crippen molar-refractivity contribution in [2.24, 2.45) is 5.92 Å². The molecule has 0 aliphatic heterocycles. The zero-order valence-electron chi connectivity index (χ0n) is 18.4. The largest absolute Gasteiger partial charge is 0.484 e. The van der Waals surface area contributed by atoms with Crippen LogP contribution in [0.25, 0.3) is 5.69 Å². The molecule has 3 aromatic rings. The van der Waals surface area contributed by atoms with Gasteiger partial charge in [-0.3, -0.25) is 9.59 Å². The van der Waals surface area contributed by atoms with Crippen LogP contribution in [0.15, 0.2) is 48.7 Å². The zero-order chi connectivity index (χ0) is 23.5. The molecule has 0 saturated heterocycles. The molecule has 9 heteroatoms. The Hall–Kier alpha value is -3.59. The highest BCUT2D eigenvalue weighted by Crippen LogP contribution is 2.33. The number of carbonyl (C=O) groups is 2. The number of aliphatic hydroxyl groups is 1. The standard InChI is InChI=1S/C24H25FN4O4/c1-14(13-30)27-24(32)20-10-7-18(11-21(20)25)29-26-12-22(28-29)15(2)33-19-8-5-17(6-9-19)23(31)16-3-4-16/h5-12,14-16,30H,3-4,13H2,1-2H3,(H,27,32)/t14-,15?/m1/s1. The third-order valence-electron chi connectivity index (χ3n) is 5.41. The summed E-state index contributed by atoms with van der Waals surface area (Å²) in [4.78, 5) is 25.5. The van der Waals surface area contributed by atoms with E-state index in [0.717, 1.165) is 12.8 Å². The van der Waals surface area contributed by atoms with Crippen molar-refractivity contribution in [1.29, 1.82) is 0 Å². The Morgan fingerprint density at radius 1 is 1.21 bits per heavy atom. The minimum absolute atomic E-state index is 0.133. The third kappa shape index (κ3) is 5.25. The highest BCUT2D eigenvalue weighted by Gasteiger charge is 2.30. The van der Waals surface area contributed by atoms with Crippen LogP contribution < -0.4 is 10.1 Å². The van der Waals surface area contributed by atoms with Gasteiger partial charge in [-0.05, 0) is 63.1 Å². The monoisotopic (exact) mass is 452 g/mol. The second-order valence-electron chi connectivity index (χ2n) is 8.20. The molecule has 0 spiro atoms. The van der Waals surface area contributed by atoms with E-state index in [1.165, 1.54) is 29.2 Å². The Labute approximate surface area is 190 Å². The highest BCUT2D eigenvalue weighted by molar-refractivity contribution is 5.99. The number of ether oxygens (including phenoxy) is 1. The number of aliphatic hydroxyl groups excluding tert-OH is 1. The van der Waals surface area contributed by atoms with Crippen molar-refractivity contribution in [2.75, 3.05) is 6.61 Å². The van der Waals surface area contributed by atoms with E-state index in [1.54, 1.807) is 31.2 Å². The second-order valence-corrected chi connectivity index (χ2v) is 8.20. The second kappa shape index (κ2) is 9.50. The zero-order valence-corrected chi connectivity index (χ0v) is 18.4. The lowest BCUT2D eigenvalue weighted by molar-refractivity contribution is 0.0917. The van der Waals surface area contributed by atoms with E-state index < -0.39 is 23.9 Å². The van der Waals surface area contributed by atoms with Gasteiger partial charge in [-0.15, -0.1) is 5.10 Å². The molecule has 1 saturated carbocycles. The molecule has 0 bridgehead atoms. The first-order valence-corrected chi connectivity index (χ1v) is 10.8. The van der Waals surface area contributed by atoms with E-state index in [1.807, 2.05) is 6.92 Å². The normalized spacial score (nSPS) is 15.0. The van der Waals surface area contributed by atoms with Crippen molar-refractivity contribution in [1.82, 2.24) is 20.3 Å². The van der Waals surface area contributed by atoms with Crippen molar-refractivity contribution in [3.05, 3.63) is 71.3 Å². The molecular formula is C24H25FN4O4. The maximum Gasteiger partial charge on any atom is 0.254 e. The van der Waals surface area contributed by atoms with E-state index in [0.29, 0.717) is 22.7 Å². The van der Waals surface area contributed by atoms with Crippen molar-refractivity contribution in [3.8, 4) is 11.4 Å². The lowest BCUT2D eigenvalue weighted by atomic mass is 10.1. The predicted molar refractivity (Wildman–Crippen MR) is 118 cm³/mol. The van der Waals surface area contributed by atoms with Gasteiger partial charge in [-0.2, -0.15) is 9.90 Å². The molecular weight excluding hydrogens is 427 g/mol. The minimum atomic E-state index is -0.723. The SMILES string of the molecule is CC(Oc1ccc(C(=O)C2CC2)cc1)c1cnn(-c2ccc(C(=O)N[C@H](C)CO)c(F)c2)n1. The van der Waals surface area contributed by atoms with Crippen molar-refractivity contribution < 1.29 is 23.8 Å². The number of hydrogen-bond donors (Lipinski definition) is 2. The van der Waals surface area contributed by atoms with Crippen molar-refractivity contribution >= 4 is 11.7 Å². The van der Waals surface area contributed by atoms with Gasteiger partial charge in [0.1, 0.15) is 23.4 Å². The Bertz CT molecular complexity index is 1160.